The third kappa shape index (κ3) is 2.34. The summed E-state index contributed by atoms with van der Waals surface area (Å²) in [6.07, 6.45) is 3.03. The lowest BCUT2D eigenvalue weighted by Crippen LogP contribution is -2.06. The number of rotatable bonds is 3. The molecule has 0 saturated carbocycles. The first-order valence-corrected chi connectivity index (χ1v) is 6.68. The van der Waals surface area contributed by atoms with Crippen molar-refractivity contribution in [2.45, 2.75) is 18.9 Å². The normalized spacial score (nSPS) is 14.7. The fraction of sp³-hybridized carbons (Fsp3) is 0.250. The Balaban J connectivity index is 2.23. The van der Waals surface area contributed by atoms with E-state index in [-0.39, 0.29) is 5.92 Å². The molecule has 0 aliphatic heterocycles. The summed E-state index contributed by atoms with van der Waals surface area (Å²) in [4.78, 5) is 4.96. The average Bonchev–Trinajstić information content (AvgIpc) is 2.75. The van der Waals surface area contributed by atoms with E-state index in [1.54, 1.807) is 23.7 Å². The molecule has 0 aliphatic carbocycles. The zero-order valence-corrected chi connectivity index (χ0v) is 11.2. The lowest BCUT2D eigenvalue weighted by molar-refractivity contribution is 0.154. The Morgan fingerprint density at radius 1 is 1.31 bits per heavy atom. The van der Waals surface area contributed by atoms with E-state index in [4.69, 9.17) is 0 Å². The van der Waals surface area contributed by atoms with Crippen LogP contribution in [0, 0.1) is 0 Å². The van der Waals surface area contributed by atoms with Crippen LogP contribution in [0.5, 0.6) is 0 Å². The second-order valence-electron chi connectivity index (χ2n) is 3.65. The molecule has 0 saturated heterocycles. The Kier molecular flexibility index (Phi) is 3.74. The first-order valence-electron chi connectivity index (χ1n) is 5.01. The van der Waals surface area contributed by atoms with Gasteiger partial charge in [-0.15, -0.1) is 11.3 Å². The summed E-state index contributed by atoms with van der Waals surface area (Å²) in [6, 6.07) is 5.84. The van der Waals surface area contributed by atoms with E-state index in [9.17, 15) is 5.11 Å². The van der Waals surface area contributed by atoms with Crippen LogP contribution >= 0.6 is 27.3 Å². The highest BCUT2D eigenvalue weighted by Gasteiger charge is 2.21. The summed E-state index contributed by atoms with van der Waals surface area (Å²) in [6.45, 7) is 2.02. The van der Waals surface area contributed by atoms with Crippen molar-refractivity contribution in [3.63, 3.8) is 0 Å². The number of hydrogen-bond acceptors (Lipinski definition) is 3. The van der Waals surface area contributed by atoms with Gasteiger partial charge in [-0.2, -0.15) is 0 Å². The Labute approximate surface area is 107 Å². The van der Waals surface area contributed by atoms with Gasteiger partial charge in [0.1, 0.15) is 0 Å². The maximum absolute atomic E-state index is 10.3. The molecule has 0 spiro atoms. The van der Waals surface area contributed by atoms with E-state index in [1.165, 1.54) is 0 Å². The Hall–Kier alpha value is -0.710. The third-order valence-corrected chi connectivity index (χ3v) is 4.56. The summed E-state index contributed by atoms with van der Waals surface area (Å²) >= 11 is 5.01. The van der Waals surface area contributed by atoms with Crippen LogP contribution in [0.3, 0.4) is 0 Å². The molecule has 0 aliphatic rings. The van der Waals surface area contributed by atoms with Crippen molar-refractivity contribution in [1.29, 1.82) is 0 Å². The molecule has 84 valence electrons. The first kappa shape index (κ1) is 11.8. The Morgan fingerprint density at radius 3 is 2.56 bits per heavy atom. The predicted octanol–water partition coefficient (Wildman–Crippen LogP) is 3.74. The van der Waals surface area contributed by atoms with Gasteiger partial charge >= 0.3 is 0 Å². The summed E-state index contributed by atoms with van der Waals surface area (Å²) < 4.78 is 0.978. The molecule has 0 bridgehead atoms. The summed E-state index contributed by atoms with van der Waals surface area (Å²) in [5.41, 5.74) is 1.10. The van der Waals surface area contributed by atoms with Gasteiger partial charge in [0.25, 0.3) is 0 Å². The topological polar surface area (TPSA) is 33.1 Å². The predicted molar refractivity (Wildman–Crippen MR) is 69.6 cm³/mol. The van der Waals surface area contributed by atoms with Gasteiger partial charge in [0.2, 0.25) is 0 Å². The van der Waals surface area contributed by atoms with Gasteiger partial charge in [0.15, 0.2) is 0 Å². The van der Waals surface area contributed by atoms with E-state index >= 15 is 0 Å². The van der Waals surface area contributed by atoms with Crippen LogP contribution in [-0.2, 0) is 0 Å². The molecule has 2 nitrogen and oxygen atoms in total. The largest absolute Gasteiger partial charge is 0.387 e. The molecule has 2 unspecified atom stereocenters. The van der Waals surface area contributed by atoms with Crippen molar-refractivity contribution in [2.24, 2.45) is 0 Å². The minimum Gasteiger partial charge on any atom is -0.387 e. The maximum Gasteiger partial charge on any atom is 0.0958 e. The van der Waals surface area contributed by atoms with E-state index in [0.29, 0.717) is 0 Å². The van der Waals surface area contributed by atoms with Gasteiger partial charge in [-0.05, 0) is 45.1 Å². The number of aromatic nitrogens is 1. The van der Waals surface area contributed by atoms with Gasteiger partial charge in [0.05, 0.1) is 6.10 Å². The molecule has 4 heteroatoms. The third-order valence-electron chi connectivity index (χ3n) is 2.62. The monoisotopic (exact) mass is 297 g/mol. The highest BCUT2D eigenvalue weighted by Crippen LogP contribution is 2.37. The van der Waals surface area contributed by atoms with Crippen LogP contribution in [0.4, 0.5) is 0 Å². The number of thiophene rings is 1. The lowest BCUT2D eigenvalue weighted by Gasteiger charge is -2.18. The van der Waals surface area contributed by atoms with Crippen LogP contribution in [0.2, 0.25) is 0 Å². The lowest BCUT2D eigenvalue weighted by atomic mass is 9.95. The highest BCUT2D eigenvalue weighted by molar-refractivity contribution is 9.10. The summed E-state index contributed by atoms with van der Waals surface area (Å²) in [5, 5.41) is 12.2. The van der Waals surface area contributed by atoms with Crippen molar-refractivity contribution in [2.75, 3.05) is 0 Å². The average molecular weight is 298 g/mol. The van der Waals surface area contributed by atoms with Crippen LogP contribution in [0.1, 0.15) is 29.4 Å². The molecule has 0 aromatic carbocycles. The quantitative estimate of drug-likeness (QED) is 0.936. The molecule has 2 heterocycles. The number of aliphatic hydroxyl groups excluding tert-OH is 1. The molecule has 2 aromatic rings. The Bertz CT molecular complexity index is 457. The van der Waals surface area contributed by atoms with Gasteiger partial charge in [-0.3, -0.25) is 4.98 Å². The minimum atomic E-state index is -0.475. The van der Waals surface area contributed by atoms with Crippen molar-refractivity contribution in [3.8, 4) is 0 Å². The zero-order valence-electron chi connectivity index (χ0n) is 8.80. The van der Waals surface area contributed by atoms with Crippen LogP contribution in [0.15, 0.2) is 40.4 Å². The number of pyridine rings is 1. The Morgan fingerprint density at radius 2 is 2.00 bits per heavy atom. The summed E-state index contributed by atoms with van der Waals surface area (Å²) in [7, 11) is 0. The van der Waals surface area contributed by atoms with Gasteiger partial charge in [-0.25, -0.2) is 0 Å². The second-order valence-corrected chi connectivity index (χ2v) is 5.45. The molecular weight excluding hydrogens is 286 g/mol. The number of aliphatic hydroxyl groups is 1. The molecule has 0 radical (unpaired) electrons. The van der Waals surface area contributed by atoms with Gasteiger partial charge in [-0.1, -0.05) is 6.92 Å². The smallest absolute Gasteiger partial charge is 0.0958 e. The van der Waals surface area contributed by atoms with E-state index in [0.717, 1.165) is 14.9 Å². The second kappa shape index (κ2) is 5.08. The van der Waals surface area contributed by atoms with Crippen LogP contribution < -0.4 is 0 Å². The maximum atomic E-state index is 10.3. The van der Waals surface area contributed by atoms with Crippen LogP contribution in [0.25, 0.3) is 0 Å². The number of halogens is 1. The molecule has 16 heavy (non-hydrogen) atoms. The molecule has 0 amide bonds. The number of hydrogen-bond donors (Lipinski definition) is 1. The molecule has 1 N–H and O–H groups in total. The molecule has 0 fully saturated rings. The van der Waals surface area contributed by atoms with Crippen molar-refractivity contribution < 1.29 is 5.11 Å². The van der Waals surface area contributed by atoms with Crippen molar-refractivity contribution >= 4 is 27.3 Å². The van der Waals surface area contributed by atoms with Gasteiger partial charge < -0.3 is 5.11 Å². The molecule has 2 atom stereocenters. The standard InChI is InChI=1S/C12H12BrNOS/c1-8(9-2-5-14-6-3-9)11(15)12-10(13)4-7-16-12/h2-8,11,15H,1H3. The fourth-order valence-corrected chi connectivity index (χ4v) is 3.29. The van der Waals surface area contributed by atoms with Crippen molar-refractivity contribution in [3.05, 3.63) is 50.9 Å². The minimum absolute atomic E-state index is 0.0675. The fourth-order valence-electron chi connectivity index (χ4n) is 1.59. The first-order chi connectivity index (χ1) is 7.70. The number of nitrogens with zero attached hydrogens (tertiary/aromatic N) is 1. The van der Waals surface area contributed by atoms with E-state index < -0.39 is 6.10 Å². The van der Waals surface area contributed by atoms with E-state index in [2.05, 4.69) is 20.9 Å². The SMILES string of the molecule is CC(c1ccncc1)C(O)c1sccc1Br. The van der Waals surface area contributed by atoms with E-state index in [1.807, 2.05) is 30.5 Å². The van der Waals surface area contributed by atoms with Gasteiger partial charge in [0, 0.05) is 27.7 Å². The summed E-state index contributed by atoms with van der Waals surface area (Å²) in [5.74, 6) is 0.0675. The molecule has 2 aromatic heterocycles. The highest BCUT2D eigenvalue weighted by atomic mass is 79.9. The molecule has 2 rings (SSSR count). The van der Waals surface area contributed by atoms with Crippen LogP contribution in [-0.4, -0.2) is 10.1 Å². The zero-order chi connectivity index (χ0) is 11.5. The molecular formula is C12H12BrNOS. The van der Waals surface area contributed by atoms with Crippen molar-refractivity contribution in [1.82, 2.24) is 4.98 Å².